The van der Waals surface area contributed by atoms with Gasteiger partial charge in [0.2, 0.25) is 0 Å². The van der Waals surface area contributed by atoms with Crippen LogP contribution in [0.2, 0.25) is 0 Å². The van der Waals surface area contributed by atoms with E-state index in [1.165, 1.54) is 30.6 Å². The highest BCUT2D eigenvalue weighted by Gasteiger charge is 2.19. The van der Waals surface area contributed by atoms with Crippen LogP contribution in [-0.4, -0.2) is 17.6 Å². The van der Waals surface area contributed by atoms with E-state index in [1.54, 1.807) is 0 Å². The molecule has 0 saturated heterocycles. The summed E-state index contributed by atoms with van der Waals surface area (Å²) >= 11 is 1.37. The largest absolute Gasteiger partial charge is 0.477 e. The van der Waals surface area contributed by atoms with E-state index >= 15 is 0 Å². The van der Waals surface area contributed by atoms with Crippen LogP contribution in [0.4, 0.5) is 0 Å². The van der Waals surface area contributed by atoms with Gasteiger partial charge in [-0.1, -0.05) is 24.6 Å². The molecule has 1 fully saturated rings. The second kappa shape index (κ2) is 5.31. The lowest BCUT2D eigenvalue weighted by Crippen LogP contribution is -2.27. The number of hydrogen-bond donors (Lipinski definition) is 2. The molecule has 1 saturated carbocycles. The van der Waals surface area contributed by atoms with Crippen molar-refractivity contribution in [1.82, 2.24) is 5.32 Å². The van der Waals surface area contributed by atoms with Crippen molar-refractivity contribution in [3.05, 3.63) is 34.7 Å². The van der Waals surface area contributed by atoms with Crippen molar-refractivity contribution in [3.8, 4) is 0 Å². The third-order valence-corrected chi connectivity index (χ3v) is 5.05. The lowest BCUT2D eigenvalue weighted by Gasteiger charge is -2.25. The number of hydrogen-bond acceptors (Lipinski definition) is 3. The molecule has 0 amide bonds. The first-order valence-electron chi connectivity index (χ1n) is 6.70. The van der Waals surface area contributed by atoms with E-state index in [0.29, 0.717) is 11.4 Å². The summed E-state index contributed by atoms with van der Waals surface area (Å²) in [6, 6.07) is 7.92. The molecule has 0 spiro atoms. The van der Waals surface area contributed by atoms with Gasteiger partial charge in [0.15, 0.2) is 0 Å². The highest BCUT2D eigenvalue weighted by atomic mass is 32.1. The number of thiophene rings is 1. The SMILES string of the molecule is O=C(O)c1sc2ccccc2c1CNCC1CCC1. The molecule has 1 aliphatic carbocycles. The van der Waals surface area contributed by atoms with Crippen molar-refractivity contribution < 1.29 is 9.90 Å². The Bertz CT molecular complexity index is 601. The van der Waals surface area contributed by atoms with Crippen LogP contribution in [0.3, 0.4) is 0 Å². The van der Waals surface area contributed by atoms with Crippen molar-refractivity contribution in [2.45, 2.75) is 25.8 Å². The zero-order valence-electron chi connectivity index (χ0n) is 10.7. The monoisotopic (exact) mass is 275 g/mol. The predicted octanol–water partition coefficient (Wildman–Crippen LogP) is 3.49. The summed E-state index contributed by atoms with van der Waals surface area (Å²) in [6.07, 6.45) is 3.96. The van der Waals surface area contributed by atoms with Gasteiger partial charge in [-0.25, -0.2) is 4.79 Å². The van der Waals surface area contributed by atoms with Gasteiger partial charge in [0.25, 0.3) is 0 Å². The number of carbonyl (C=O) groups is 1. The predicted molar refractivity (Wildman–Crippen MR) is 77.8 cm³/mol. The zero-order valence-corrected chi connectivity index (χ0v) is 11.5. The van der Waals surface area contributed by atoms with Gasteiger partial charge < -0.3 is 10.4 Å². The molecule has 4 heteroatoms. The lowest BCUT2D eigenvalue weighted by atomic mass is 9.85. The molecule has 1 heterocycles. The molecule has 0 unspecified atom stereocenters. The molecule has 0 bridgehead atoms. The van der Waals surface area contributed by atoms with Crippen LogP contribution in [0.1, 0.15) is 34.5 Å². The van der Waals surface area contributed by atoms with Crippen LogP contribution in [0.25, 0.3) is 10.1 Å². The Kier molecular flexibility index (Phi) is 3.53. The second-order valence-corrected chi connectivity index (χ2v) is 6.19. The summed E-state index contributed by atoms with van der Waals surface area (Å²) in [7, 11) is 0. The maximum Gasteiger partial charge on any atom is 0.346 e. The molecule has 1 aliphatic rings. The zero-order chi connectivity index (χ0) is 13.2. The first-order chi connectivity index (χ1) is 9.25. The summed E-state index contributed by atoms with van der Waals surface area (Å²) < 4.78 is 1.06. The van der Waals surface area contributed by atoms with Crippen LogP contribution in [0.5, 0.6) is 0 Å². The Labute approximate surface area is 116 Å². The molecule has 0 radical (unpaired) electrons. The van der Waals surface area contributed by atoms with Crippen molar-refractivity contribution >= 4 is 27.4 Å². The van der Waals surface area contributed by atoms with E-state index < -0.39 is 5.97 Å². The number of nitrogens with one attached hydrogen (secondary N) is 1. The summed E-state index contributed by atoms with van der Waals surface area (Å²) in [4.78, 5) is 11.8. The minimum Gasteiger partial charge on any atom is -0.477 e. The Hall–Kier alpha value is -1.39. The number of aromatic carboxylic acids is 1. The minimum atomic E-state index is -0.818. The Morgan fingerprint density at radius 1 is 1.37 bits per heavy atom. The fourth-order valence-electron chi connectivity index (χ4n) is 2.55. The quantitative estimate of drug-likeness (QED) is 0.878. The average molecular weight is 275 g/mol. The number of carboxylic acids is 1. The van der Waals surface area contributed by atoms with Gasteiger partial charge in [0.1, 0.15) is 4.88 Å². The van der Waals surface area contributed by atoms with E-state index in [-0.39, 0.29) is 0 Å². The number of benzene rings is 1. The lowest BCUT2D eigenvalue weighted by molar-refractivity contribution is 0.0701. The molecular formula is C15H17NO2S. The highest BCUT2D eigenvalue weighted by Crippen LogP contribution is 2.31. The Balaban J connectivity index is 1.82. The summed E-state index contributed by atoms with van der Waals surface area (Å²) in [5.74, 6) is -0.0279. The fraction of sp³-hybridized carbons (Fsp3) is 0.400. The van der Waals surface area contributed by atoms with Crippen LogP contribution in [-0.2, 0) is 6.54 Å². The summed E-state index contributed by atoms with van der Waals surface area (Å²) in [5, 5.41) is 13.8. The topological polar surface area (TPSA) is 49.3 Å². The maximum atomic E-state index is 11.3. The number of rotatable bonds is 5. The highest BCUT2D eigenvalue weighted by molar-refractivity contribution is 7.21. The van der Waals surface area contributed by atoms with E-state index in [0.717, 1.165) is 28.1 Å². The average Bonchev–Trinajstić information content (AvgIpc) is 2.71. The summed E-state index contributed by atoms with van der Waals surface area (Å²) in [6.45, 7) is 1.66. The normalized spacial score (nSPS) is 15.6. The second-order valence-electron chi connectivity index (χ2n) is 5.14. The van der Waals surface area contributed by atoms with Crippen molar-refractivity contribution in [1.29, 1.82) is 0 Å². The molecule has 3 rings (SSSR count). The molecule has 100 valence electrons. The first kappa shape index (κ1) is 12.6. The van der Waals surface area contributed by atoms with Crippen LogP contribution in [0, 0.1) is 5.92 Å². The summed E-state index contributed by atoms with van der Waals surface area (Å²) in [5.41, 5.74) is 0.937. The Morgan fingerprint density at radius 2 is 2.16 bits per heavy atom. The van der Waals surface area contributed by atoms with Crippen molar-refractivity contribution in [2.24, 2.45) is 5.92 Å². The first-order valence-corrected chi connectivity index (χ1v) is 7.52. The number of carboxylic acid groups (broad SMARTS) is 1. The third-order valence-electron chi connectivity index (χ3n) is 3.85. The molecule has 0 aliphatic heterocycles. The molecule has 1 aromatic carbocycles. The Morgan fingerprint density at radius 3 is 2.84 bits per heavy atom. The van der Waals surface area contributed by atoms with Gasteiger partial charge in [0.05, 0.1) is 0 Å². The van der Waals surface area contributed by atoms with E-state index in [9.17, 15) is 9.90 Å². The molecule has 1 aromatic heterocycles. The van der Waals surface area contributed by atoms with E-state index in [1.807, 2.05) is 24.3 Å². The third kappa shape index (κ3) is 2.51. The van der Waals surface area contributed by atoms with E-state index in [2.05, 4.69) is 5.32 Å². The van der Waals surface area contributed by atoms with Gasteiger partial charge in [-0.05, 0) is 42.3 Å². The van der Waals surface area contributed by atoms with Crippen molar-refractivity contribution in [2.75, 3.05) is 6.54 Å². The molecule has 19 heavy (non-hydrogen) atoms. The van der Waals surface area contributed by atoms with Gasteiger partial charge >= 0.3 is 5.97 Å². The molecular weight excluding hydrogens is 258 g/mol. The molecule has 2 N–H and O–H groups in total. The van der Waals surface area contributed by atoms with Gasteiger partial charge in [-0.3, -0.25) is 0 Å². The fourth-order valence-corrected chi connectivity index (χ4v) is 3.61. The van der Waals surface area contributed by atoms with Crippen molar-refractivity contribution in [3.63, 3.8) is 0 Å². The molecule has 3 nitrogen and oxygen atoms in total. The van der Waals surface area contributed by atoms with Gasteiger partial charge in [0, 0.05) is 11.2 Å². The minimum absolute atomic E-state index is 0.474. The molecule has 2 aromatic rings. The van der Waals surface area contributed by atoms with Gasteiger partial charge in [-0.2, -0.15) is 0 Å². The van der Waals surface area contributed by atoms with Gasteiger partial charge in [-0.15, -0.1) is 11.3 Å². The van der Waals surface area contributed by atoms with Crippen LogP contribution < -0.4 is 5.32 Å². The number of fused-ring (bicyclic) bond motifs is 1. The smallest absolute Gasteiger partial charge is 0.346 e. The maximum absolute atomic E-state index is 11.3. The molecule has 0 atom stereocenters. The van der Waals surface area contributed by atoms with Crippen LogP contribution in [0.15, 0.2) is 24.3 Å². The van der Waals surface area contributed by atoms with E-state index in [4.69, 9.17) is 0 Å². The standard InChI is InChI=1S/C15H17NO2S/c17-15(18)14-12(9-16-8-10-4-3-5-10)11-6-1-2-7-13(11)19-14/h1-2,6-7,10,16H,3-5,8-9H2,(H,17,18). The van der Waals surface area contributed by atoms with Crippen LogP contribution >= 0.6 is 11.3 Å².